The van der Waals surface area contributed by atoms with Gasteiger partial charge in [0.05, 0.1) is 0 Å². The smallest absolute Gasteiger partial charge is 0.226 e. The predicted octanol–water partition coefficient (Wildman–Crippen LogP) is 3.53. The van der Waals surface area contributed by atoms with E-state index in [-0.39, 0.29) is 12.6 Å². The third-order valence-electron chi connectivity index (χ3n) is 3.20. The average molecular weight is 310 g/mol. The fraction of sp³-hybridized carbons (Fsp3) is 0.467. The number of nitrogens with zero attached hydrogens (tertiary/aromatic N) is 2. The van der Waals surface area contributed by atoms with Crippen molar-refractivity contribution in [1.82, 2.24) is 15.5 Å². The molecule has 0 amide bonds. The van der Waals surface area contributed by atoms with E-state index < -0.39 is 0 Å². The zero-order valence-electron chi connectivity index (χ0n) is 12.5. The van der Waals surface area contributed by atoms with Gasteiger partial charge in [-0.25, -0.2) is 0 Å². The highest BCUT2D eigenvalue weighted by atomic mass is 35.5. The number of aryl methyl sites for hydroxylation is 1. The highest BCUT2D eigenvalue weighted by Crippen LogP contribution is 2.28. The number of benzene rings is 1. The molecule has 1 heterocycles. The van der Waals surface area contributed by atoms with Gasteiger partial charge in [-0.2, -0.15) is 4.98 Å². The molecule has 1 N–H and O–H groups in total. The lowest BCUT2D eigenvalue weighted by atomic mass is 10.1. The number of aromatic nitrogens is 2. The van der Waals surface area contributed by atoms with Gasteiger partial charge in [-0.15, -0.1) is 0 Å². The molecule has 0 radical (unpaired) electrons. The molecule has 0 fully saturated rings. The molecule has 1 atom stereocenters. The van der Waals surface area contributed by atoms with Crippen LogP contribution in [0.4, 0.5) is 0 Å². The highest BCUT2D eigenvalue weighted by Gasteiger charge is 2.12. The zero-order valence-corrected chi connectivity index (χ0v) is 13.3. The van der Waals surface area contributed by atoms with Crippen LogP contribution >= 0.6 is 11.6 Å². The molecule has 2 aromatic rings. The molecule has 0 saturated carbocycles. The molecule has 21 heavy (non-hydrogen) atoms. The summed E-state index contributed by atoms with van der Waals surface area (Å²) in [6.45, 7) is 4.39. The standard InChI is InChI=1S/C15H20ClN3O2/c1-4-5-15-18-14(19-21-15)9-20-13-7-6-11(16)8-12(13)10(2)17-3/h6-8,10,17H,4-5,9H2,1-3H3. The first-order chi connectivity index (χ1) is 10.1. The first-order valence-corrected chi connectivity index (χ1v) is 7.42. The van der Waals surface area contributed by atoms with Crippen molar-refractivity contribution in [3.05, 3.63) is 40.5 Å². The van der Waals surface area contributed by atoms with Crippen LogP contribution in [0.25, 0.3) is 0 Å². The molecular weight excluding hydrogens is 290 g/mol. The first kappa shape index (κ1) is 15.8. The van der Waals surface area contributed by atoms with Crippen molar-refractivity contribution in [3.63, 3.8) is 0 Å². The van der Waals surface area contributed by atoms with Crippen molar-refractivity contribution in [1.29, 1.82) is 0 Å². The molecule has 2 rings (SSSR count). The van der Waals surface area contributed by atoms with Crippen LogP contribution in [0.15, 0.2) is 22.7 Å². The van der Waals surface area contributed by atoms with Gasteiger partial charge >= 0.3 is 0 Å². The highest BCUT2D eigenvalue weighted by molar-refractivity contribution is 6.30. The SMILES string of the molecule is CCCc1nc(COc2ccc(Cl)cc2C(C)NC)no1. The molecule has 114 valence electrons. The lowest BCUT2D eigenvalue weighted by Crippen LogP contribution is -2.14. The molecule has 5 nitrogen and oxygen atoms in total. The van der Waals surface area contributed by atoms with E-state index in [1.165, 1.54) is 0 Å². The Labute approximate surface area is 129 Å². The topological polar surface area (TPSA) is 60.2 Å². The lowest BCUT2D eigenvalue weighted by Gasteiger charge is -2.16. The molecule has 0 bridgehead atoms. The van der Waals surface area contributed by atoms with Gasteiger partial charge in [-0.05, 0) is 38.6 Å². The van der Waals surface area contributed by atoms with E-state index in [0.717, 1.165) is 24.2 Å². The van der Waals surface area contributed by atoms with Crippen LogP contribution in [-0.4, -0.2) is 17.2 Å². The van der Waals surface area contributed by atoms with Crippen LogP contribution in [0.2, 0.25) is 5.02 Å². The quantitative estimate of drug-likeness (QED) is 0.847. The maximum Gasteiger partial charge on any atom is 0.226 e. The minimum atomic E-state index is 0.139. The number of halogens is 1. The number of ether oxygens (including phenoxy) is 1. The van der Waals surface area contributed by atoms with Gasteiger partial charge in [-0.3, -0.25) is 0 Å². The number of rotatable bonds is 7. The fourth-order valence-corrected chi connectivity index (χ4v) is 2.13. The summed E-state index contributed by atoms with van der Waals surface area (Å²) in [6.07, 6.45) is 1.76. The largest absolute Gasteiger partial charge is 0.485 e. The summed E-state index contributed by atoms with van der Waals surface area (Å²) in [4.78, 5) is 4.28. The summed E-state index contributed by atoms with van der Waals surface area (Å²) >= 11 is 6.05. The van der Waals surface area contributed by atoms with Crippen molar-refractivity contribution in [2.45, 2.75) is 39.3 Å². The van der Waals surface area contributed by atoms with Gasteiger partial charge in [0.25, 0.3) is 0 Å². The fourth-order valence-electron chi connectivity index (χ4n) is 1.95. The van der Waals surface area contributed by atoms with Gasteiger partial charge in [-0.1, -0.05) is 23.7 Å². The Morgan fingerprint density at radius 1 is 1.43 bits per heavy atom. The van der Waals surface area contributed by atoms with E-state index in [9.17, 15) is 0 Å². The van der Waals surface area contributed by atoms with Crippen LogP contribution in [0.1, 0.15) is 43.6 Å². The summed E-state index contributed by atoms with van der Waals surface area (Å²) in [5.41, 5.74) is 1.00. The average Bonchev–Trinajstić information content (AvgIpc) is 2.93. The third-order valence-corrected chi connectivity index (χ3v) is 3.44. The number of hydrogen-bond acceptors (Lipinski definition) is 5. The van der Waals surface area contributed by atoms with E-state index in [1.807, 2.05) is 32.2 Å². The normalized spacial score (nSPS) is 12.4. The van der Waals surface area contributed by atoms with Crippen molar-refractivity contribution in [3.8, 4) is 5.75 Å². The van der Waals surface area contributed by atoms with E-state index >= 15 is 0 Å². The second-order valence-electron chi connectivity index (χ2n) is 4.84. The Hall–Kier alpha value is -1.59. The van der Waals surface area contributed by atoms with Crippen molar-refractivity contribution < 1.29 is 9.26 Å². The summed E-state index contributed by atoms with van der Waals surface area (Å²) in [7, 11) is 1.89. The molecule has 6 heteroatoms. The molecule has 1 unspecified atom stereocenters. The third kappa shape index (κ3) is 4.19. The van der Waals surface area contributed by atoms with Gasteiger partial charge in [0.1, 0.15) is 5.75 Å². The first-order valence-electron chi connectivity index (χ1n) is 7.05. The Morgan fingerprint density at radius 2 is 2.24 bits per heavy atom. The summed E-state index contributed by atoms with van der Waals surface area (Å²) in [6, 6.07) is 5.70. The van der Waals surface area contributed by atoms with Crippen LogP contribution < -0.4 is 10.1 Å². The molecular formula is C15H20ClN3O2. The van der Waals surface area contributed by atoms with Gasteiger partial charge in [0.2, 0.25) is 11.7 Å². The second-order valence-corrected chi connectivity index (χ2v) is 5.27. The van der Waals surface area contributed by atoms with Crippen molar-refractivity contribution >= 4 is 11.6 Å². The monoisotopic (exact) mass is 309 g/mol. The minimum Gasteiger partial charge on any atom is -0.485 e. The molecule has 1 aromatic heterocycles. The van der Waals surface area contributed by atoms with Crippen LogP contribution in [-0.2, 0) is 13.0 Å². The Balaban J connectivity index is 2.08. The van der Waals surface area contributed by atoms with Gasteiger partial charge < -0.3 is 14.6 Å². The Morgan fingerprint density at radius 3 is 2.95 bits per heavy atom. The van der Waals surface area contributed by atoms with E-state index in [1.54, 1.807) is 0 Å². The number of nitrogens with one attached hydrogen (secondary N) is 1. The minimum absolute atomic E-state index is 0.139. The molecule has 1 aromatic carbocycles. The van der Waals surface area contributed by atoms with E-state index in [2.05, 4.69) is 22.4 Å². The number of hydrogen-bond donors (Lipinski definition) is 1. The van der Waals surface area contributed by atoms with Crippen LogP contribution in [0, 0.1) is 0 Å². The molecule has 0 aliphatic heterocycles. The van der Waals surface area contributed by atoms with Gasteiger partial charge in [0, 0.05) is 23.0 Å². The molecule has 0 aliphatic rings. The van der Waals surface area contributed by atoms with E-state index in [4.69, 9.17) is 20.9 Å². The molecule has 0 saturated heterocycles. The predicted molar refractivity (Wildman–Crippen MR) is 81.6 cm³/mol. The molecule has 0 aliphatic carbocycles. The van der Waals surface area contributed by atoms with Crippen molar-refractivity contribution in [2.24, 2.45) is 0 Å². The summed E-state index contributed by atoms with van der Waals surface area (Å²) in [5.74, 6) is 1.97. The second kappa shape index (κ2) is 7.43. The van der Waals surface area contributed by atoms with Gasteiger partial charge in [0.15, 0.2) is 6.61 Å². The Bertz CT molecular complexity index is 586. The van der Waals surface area contributed by atoms with Crippen LogP contribution in [0.5, 0.6) is 5.75 Å². The maximum absolute atomic E-state index is 6.05. The van der Waals surface area contributed by atoms with E-state index in [0.29, 0.717) is 16.7 Å². The van der Waals surface area contributed by atoms with Crippen LogP contribution in [0.3, 0.4) is 0 Å². The molecule has 0 spiro atoms. The summed E-state index contributed by atoms with van der Waals surface area (Å²) in [5, 5.41) is 7.77. The Kier molecular flexibility index (Phi) is 5.59. The summed E-state index contributed by atoms with van der Waals surface area (Å²) < 4.78 is 10.9. The zero-order chi connectivity index (χ0) is 15.2. The van der Waals surface area contributed by atoms with Crippen molar-refractivity contribution in [2.75, 3.05) is 7.05 Å². The maximum atomic E-state index is 6.05. The lowest BCUT2D eigenvalue weighted by molar-refractivity contribution is 0.280.